The first kappa shape index (κ1) is 24.6. The number of amides is 2. The van der Waals surface area contributed by atoms with Crippen LogP contribution in [0.1, 0.15) is 52.0 Å². The molecule has 0 radical (unpaired) electrons. The van der Waals surface area contributed by atoms with E-state index < -0.39 is 46.7 Å². The number of carbonyl (C=O) groups is 3. The number of methoxy groups -OCH3 is 1. The lowest BCUT2D eigenvalue weighted by Gasteiger charge is -2.28. The van der Waals surface area contributed by atoms with Crippen molar-refractivity contribution in [1.29, 1.82) is 0 Å². The Hall–Kier alpha value is -3.63. The normalized spacial score (nSPS) is 11.5. The van der Waals surface area contributed by atoms with E-state index >= 15 is 0 Å². The zero-order valence-corrected chi connectivity index (χ0v) is 18.9. The number of imide groups is 1. The summed E-state index contributed by atoms with van der Waals surface area (Å²) in [4.78, 5) is 50.6. The third kappa shape index (κ3) is 6.43. The zero-order chi connectivity index (χ0) is 24.3. The molecule has 2 aromatic heterocycles. The van der Waals surface area contributed by atoms with Crippen LogP contribution in [-0.2, 0) is 14.2 Å². The van der Waals surface area contributed by atoms with Crippen molar-refractivity contribution >= 4 is 24.0 Å². The number of halogens is 1. The summed E-state index contributed by atoms with van der Waals surface area (Å²) >= 11 is 0. The van der Waals surface area contributed by atoms with Crippen LogP contribution < -0.4 is 4.90 Å². The maximum atomic E-state index is 13.6. The number of rotatable bonds is 3. The van der Waals surface area contributed by atoms with E-state index in [4.69, 9.17) is 14.2 Å². The highest BCUT2D eigenvalue weighted by Gasteiger charge is 2.37. The van der Waals surface area contributed by atoms with Gasteiger partial charge < -0.3 is 14.2 Å². The maximum absolute atomic E-state index is 13.6. The van der Waals surface area contributed by atoms with Crippen molar-refractivity contribution in [2.24, 2.45) is 0 Å². The molecule has 0 aliphatic rings. The minimum atomic E-state index is -1.13. The van der Waals surface area contributed by atoms with Crippen molar-refractivity contribution < 1.29 is 33.0 Å². The summed E-state index contributed by atoms with van der Waals surface area (Å²) in [5, 5.41) is 0. The molecule has 2 aromatic rings. The topological polar surface area (TPSA) is 121 Å². The van der Waals surface area contributed by atoms with Crippen molar-refractivity contribution in [2.45, 2.75) is 52.7 Å². The predicted octanol–water partition coefficient (Wildman–Crippen LogP) is 4.14. The van der Waals surface area contributed by atoms with Gasteiger partial charge in [0, 0.05) is 11.8 Å². The van der Waals surface area contributed by atoms with Crippen LogP contribution in [0.4, 0.5) is 19.8 Å². The van der Waals surface area contributed by atoms with Crippen molar-refractivity contribution in [3.63, 3.8) is 0 Å². The smallest absolute Gasteiger partial charge is 0.425 e. The molecule has 2 heterocycles. The Labute approximate surface area is 184 Å². The zero-order valence-electron chi connectivity index (χ0n) is 18.9. The van der Waals surface area contributed by atoms with Crippen LogP contribution in [0.2, 0.25) is 0 Å². The first-order valence-corrected chi connectivity index (χ1v) is 9.54. The fourth-order valence-electron chi connectivity index (χ4n) is 2.33. The highest BCUT2D eigenvalue weighted by molar-refractivity contribution is 6.12. The van der Waals surface area contributed by atoms with Gasteiger partial charge in [-0.25, -0.2) is 28.7 Å². The lowest BCUT2D eigenvalue weighted by Crippen LogP contribution is -2.45. The second kappa shape index (κ2) is 9.25. The number of pyridine rings is 1. The highest BCUT2D eigenvalue weighted by Crippen LogP contribution is 2.26. The first-order chi connectivity index (χ1) is 14.7. The van der Waals surface area contributed by atoms with Gasteiger partial charge in [0.15, 0.2) is 11.5 Å². The molecule has 2 amide bonds. The Morgan fingerprint density at radius 2 is 1.50 bits per heavy atom. The lowest BCUT2D eigenvalue weighted by molar-refractivity contribution is 0.0428. The summed E-state index contributed by atoms with van der Waals surface area (Å²) in [6.07, 6.45) is 1.20. The van der Waals surface area contributed by atoms with E-state index in [-0.39, 0.29) is 11.3 Å². The van der Waals surface area contributed by atoms with Crippen LogP contribution in [0.5, 0.6) is 0 Å². The van der Waals surface area contributed by atoms with Gasteiger partial charge in [-0.2, -0.15) is 4.90 Å². The number of hydrogen-bond donors (Lipinski definition) is 0. The monoisotopic (exact) mass is 448 g/mol. The molecule has 0 saturated heterocycles. The van der Waals surface area contributed by atoms with Gasteiger partial charge in [0.2, 0.25) is 0 Å². The van der Waals surface area contributed by atoms with E-state index in [0.717, 1.165) is 25.6 Å². The Bertz CT molecular complexity index is 1000. The Balaban J connectivity index is 2.66. The SMILES string of the molecule is COC(=O)c1nc(-c2cncc(F)c2)cnc1N(C(=O)OC(C)(C)C)C(=O)OC(C)(C)C. The summed E-state index contributed by atoms with van der Waals surface area (Å²) in [5.41, 5.74) is -2.14. The fraction of sp³-hybridized carbons (Fsp3) is 0.429. The molecule has 11 heteroatoms. The summed E-state index contributed by atoms with van der Waals surface area (Å²) in [5.74, 6) is -2.08. The van der Waals surface area contributed by atoms with Crippen molar-refractivity contribution in [3.8, 4) is 11.3 Å². The number of carbonyl (C=O) groups excluding carboxylic acids is 3. The third-order valence-corrected chi connectivity index (χ3v) is 3.50. The van der Waals surface area contributed by atoms with Gasteiger partial charge in [-0.05, 0) is 47.6 Å². The minimum Gasteiger partial charge on any atom is -0.464 e. The summed E-state index contributed by atoms with van der Waals surface area (Å²) in [6, 6.07) is 1.14. The quantitative estimate of drug-likeness (QED) is 0.504. The maximum Gasteiger partial charge on any atom is 0.425 e. The van der Waals surface area contributed by atoms with Gasteiger partial charge >= 0.3 is 18.2 Å². The van der Waals surface area contributed by atoms with Gasteiger partial charge in [-0.1, -0.05) is 0 Å². The second-order valence-electron chi connectivity index (χ2n) is 8.61. The lowest BCUT2D eigenvalue weighted by atomic mass is 10.2. The molecule has 0 fully saturated rings. The summed E-state index contributed by atoms with van der Waals surface area (Å²) in [7, 11) is 1.09. The van der Waals surface area contributed by atoms with Gasteiger partial charge in [-0.15, -0.1) is 0 Å². The van der Waals surface area contributed by atoms with E-state index in [1.807, 2.05) is 0 Å². The van der Waals surface area contributed by atoms with E-state index in [9.17, 15) is 18.8 Å². The fourth-order valence-corrected chi connectivity index (χ4v) is 2.33. The largest absolute Gasteiger partial charge is 0.464 e. The molecule has 10 nitrogen and oxygen atoms in total. The number of hydrogen-bond acceptors (Lipinski definition) is 9. The van der Waals surface area contributed by atoms with Crippen molar-refractivity contribution in [1.82, 2.24) is 15.0 Å². The number of ether oxygens (including phenoxy) is 3. The van der Waals surface area contributed by atoms with Crippen molar-refractivity contribution in [2.75, 3.05) is 12.0 Å². The van der Waals surface area contributed by atoms with Crippen molar-refractivity contribution in [3.05, 3.63) is 36.2 Å². The Morgan fingerprint density at radius 1 is 0.938 bits per heavy atom. The van der Waals surface area contributed by atoms with E-state index in [1.54, 1.807) is 41.5 Å². The Morgan fingerprint density at radius 3 is 1.97 bits per heavy atom. The molecular weight excluding hydrogens is 423 g/mol. The Kier molecular flexibility index (Phi) is 7.12. The third-order valence-electron chi connectivity index (χ3n) is 3.50. The molecule has 0 unspecified atom stereocenters. The number of esters is 1. The highest BCUT2D eigenvalue weighted by atomic mass is 19.1. The molecule has 0 aromatic carbocycles. The van der Waals surface area contributed by atoms with Crippen LogP contribution in [0, 0.1) is 5.82 Å². The van der Waals surface area contributed by atoms with Gasteiger partial charge in [0.1, 0.15) is 17.0 Å². The second-order valence-corrected chi connectivity index (χ2v) is 8.61. The van der Waals surface area contributed by atoms with Crippen LogP contribution in [0.25, 0.3) is 11.3 Å². The van der Waals surface area contributed by atoms with Crippen LogP contribution in [-0.4, -0.2) is 51.4 Å². The molecule has 172 valence electrons. The molecule has 0 atom stereocenters. The minimum absolute atomic E-state index is 0.0643. The van der Waals surface area contributed by atoms with Gasteiger partial charge in [0.25, 0.3) is 0 Å². The summed E-state index contributed by atoms with van der Waals surface area (Å²) in [6.45, 7) is 9.61. The number of nitrogens with zero attached hydrogens (tertiary/aromatic N) is 4. The molecule has 0 aliphatic carbocycles. The van der Waals surface area contributed by atoms with Crippen LogP contribution >= 0.6 is 0 Å². The van der Waals surface area contributed by atoms with E-state index in [2.05, 4.69) is 15.0 Å². The van der Waals surface area contributed by atoms with Gasteiger partial charge in [0.05, 0.1) is 25.2 Å². The first-order valence-electron chi connectivity index (χ1n) is 9.54. The van der Waals surface area contributed by atoms with Crippen LogP contribution in [0.3, 0.4) is 0 Å². The number of aromatic nitrogens is 3. The molecule has 32 heavy (non-hydrogen) atoms. The molecule has 0 saturated carbocycles. The molecule has 0 bridgehead atoms. The average Bonchev–Trinajstić information content (AvgIpc) is 2.65. The summed E-state index contributed by atoms with van der Waals surface area (Å²) < 4.78 is 28.9. The van der Waals surface area contributed by atoms with E-state index in [0.29, 0.717) is 4.90 Å². The van der Waals surface area contributed by atoms with E-state index in [1.165, 1.54) is 6.20 Å². The molecule has 2 rings (SSSR count). The number of anilines is 1. The van der Waals surface area contributed by atoms with Crippen LogP contribution in [0.15, 0.2) is 24.7 Å². The van der Waals surface area contributed by atoms with Gasteiger partial charge in [-0.3, -0.25) is 4.98 Å². The molecule has 0 N–H and O–H groups in total. The standard InChI is InChI=1S/C21H25FN4O6/c1-20(2,3)31-18(28)26(19(29)32-21(4,5)6)16-15(17(27)30-7)25-14(11-24-16)12-8-13(22)10-23-9-12/h8-11H,1-7H3. The predicted molar refractivity (Wildman–Crippen MR) is 112 cm³/mol. The molecule has 0 spiro atoms. The molecular formula is C21H25FN4O6. The molecule has 0 aliphatic heterocycles. The average molecular weight is 448 g/mol.